The third kappa shape index (κ3) is 8.01. The zero-order valence-electron chi connectivity index (χ0n) is 16.0. The zero-order chi connectivity index (χ0) is 20.1. The molecule has 0 atom stereocenters. The molecule has 0 aliphatic rings. The van der Waals surface area contributed by atoms with E-state index >= 15 is 0 Å². The quantitative estimate of drug-likeness (QED) is 0.357. The third-order valence-electron chi connectivity index (χ3n) is 3.60. The first-order valence-electron chi connectivity index (χ1n) is 8.99. The number of carboxylic acids is 1. The maximum atomic E-state index is 11.3. The minimum Gasteiger partial charge on any atom is -0.478 e. The van der Waals surface area contributed by atoms with Crippen LogP contribution in [0.1, 0.15) is 60.2 Å². The average Bonchev–Trinajstić information content (AvgIpc) is 3.31. The Morgan fingerprint density at radius 2 is 1.44 bits per heavy atom. The van der Waals surface area contributed by atoms with Crippen molar-refractivity contribution < 1.29 is 19.4 Å². The van der Waals surface area contributed by atoms with E-state index in [1.54, 1.807) is 17.5 Å². The monoisotopic (exact) mass is 412 g/mol. The second-order valence-corrected chi connectivity index (χ2v) is 7.52. The Morgan fingerprint density at radius 1 is 0.963 bits per heavy atom. The van der Waals surface area contributed by atoms with E-state index in [1.165, 1.54) is 29.8 Å². The van der Waals surface area contributed by atoms with E-state index in [-0.39, 0.29) is 5.97 Å². The summed E-state index contributed by atoms with van der Waals surface area (Å²) in [5.74, 6) is -1.13. The van der Waals surface area contributed by atoms with E-state index in [4.69, 9.17) is 5.11 Å². The number of thiophene rings is 2. The van der Waals surface area contributed by atoms with E-state index in [2.05, 4.69) is 29.2 Å². The number of unbranched alkanes of at least 4 members (excludes halogenated alkanes) is 2. The predicted octanol–water partition coefficient (Wildman–Crippen LogP) is 5.41. The number of rotatable bonds is 10. The zero-order valence-corrected chi connectivity index (χ0v) is 17.7. The molecule has 6 nitrogen and oxygen atoms in total. The van der Waals surface area contributed by atoms with Gasteiger partial charge in [-0.2, -0.15) is 0 Å². The van der Waals surface area contributed by atoms with Gasteiger partial charge >= 0.3 is 11.9 Å². The van der Waals surface area contributed by atoms with Crippen molar-refractivity contribution in [1.82, 2.24) is 0 Å². The van der Waals surface area contributed by atoms with Crippen LogP contribution < -0.4 is 10.6 Å². The normalized spacial score (nSPS) is 9.89. The minimum atomic E-state index is -0.861. The number of esters is 1. The summed E-state index contributed by atoms with van der Waals surface area (Å²) in [5, 5.41) is 20.5. The summed E-state index contributed by atoms with van der Waals surface area (Å²) in [7, 11) is 1.40. The van der Waals surface area contributed by atoms with Gasteiger partial charge in [0.25, 0.3) is 0 Å². The molecule has 0 aliphatic heterocycles. The van der Waals surface area contributed by atoms with Gasteiger partial charge in [-0.15, -0.1) is 22.7 Å². The number of carbonyl (C=O) groups excluding carboxylic acids is 1. The molecule has 2 aromatic heterocycles. The van der Waals surface area contributed by atoms with Crippen LogP contribution in [0.15, 0.2) is 22.9 Å². The number of hydrogen-bond acceptors (Lipinski definition) is 7. The van der Waals surface area contributed by atoms with Gasteiger partial charge in [0.05, 0.1) is 18.2 Å². The molecule has 3 N–H and O–H groups in total. The Labute approximate surface area is 168 Å². The first-order valence-corrected chi connectivity index (χ1v) is 10.7. The second kappa shape index (κ2) is 13.2. The highest BCUT2D eigenvalue weighted by Gasteiger charge is 2.12. The smallest absolute Gasteiger partial charge is 0.340 e. The lowest BCUT2D eigenvalue weighted by atomic mass is 10.3. The van der Waals surface area contributed by atoms with E-state index in [9.17, 15) is 9.59 Å². The van der Waals surface area contributed by atoms with Crippen LogP contribution in [0.3, 0.4) is 0 Å². The van der Waals surface area contributed by atoms with Crippen molar-refractivity contribution in [1.29, 1.82) is 0 Å². The van der Waals surface area contributed by atoms with Gasteiger partial charge in [-0.3, -0.25) is 0 Å². The number of anilines is 2. The Bertz CT molecular complexity index is 697. The molecule has 0 amide bonds. The van der Waals surface area contributed by atoms with Crippen molar-refractivity contribution in [3.05, 3.63) is 34.0 Å². The topological polar surface area (TPSA) is 87.7 Å². The molecule has 0 bridgehead atoms. The number of hydrogen-bond donors (Lipinski definition) is 3. The average molecular weight is 413 g/mol. The van der Waals surface area contributed by atoms with Crippen molar-refractivity contribution in [2.24, 2.45) is 0 Å². The van der Waals surface area contributed by atoms with Crippen molar-refractivity contribution in [3.8, 4) is 0 Å². The molecule has 2 heterocycles. The van der Waals surface area contributed by atoms with Crippen LogP contribution in [-0.4, -0.2) is 37.2 Å². The lowest BCUT2D eigenvalue weighted by molar-refractivity contribution is 0.0601. The van der Waals surface area contributed by atoms with Crippen LogP contribution >= 0.6 is 22.7 Å². The van der Waals surface area contributed by atoms with Gasteiger partial charge in [0, 0.05) is 13.1 Å². The molecule has 0 saturated carbocycles. The Hall–Kier alpha value is -2.06. The second-order valence-electron chi connectivity index (χ2n) is 5.68. The highest BCUT2D eigenvalue weighted by Crippen LogP contribution is 2.24. The van der Waals surface area contributed by atoms with Gasteiger partial charge in [-0.25, -0.2) is 9.59 Å². The predicted molar refractivity (Wildman–Crippen MR) is 114 cm³/mol. The number of carbonyl (C=O) groups is 2. The number of nitrogens with one attached hydrogen (secondary N) is 2. The molecule has 0 spiro atoms. The largest absolute Gasteiger partial charge is 0.478 e. The molecular formula is C19H28N2O4S2. The van der Waals surface area contributed by atoms with Crippen molar-refractivity contribution >= 4 is 44.6 Å². The van der Waals surface area contributed by atoms with Gasteiger partial charge < -0.3 is 20.5 Å². The van der Waals surface area contributed by atoms with Gasteiger partial charge in [0.2, 0.25) is 0 Å². The van der Waals surface area contributed by atoms with E-state index in [1.807, 2.05) is 5.38 Å². The van der Waals surface area contributed by atoms with Gasteiger partial charge in [0.15, 0.2) is 0 Å². The summed E-state index contributed by atoms with van der Waals surface area (Å²) in [6, 6.07) is 3.41. The van der Waals surface area contributed by atoms with Gasteiger partial charge in [-0.1, -0.05) is 26.7 Å². The first kappa shape index (κ1) is 23.0. The maximum Gasteiger partial charge on any atom is 0.340 e. The molecule has 0 aromatic carbocycles. The fourth-order valence-electron chi connectivity index (χ4n) is 2.09. The molecule has 0 unspecified atom stereocenters. The number of carboxylic acid groups (broad SMARTS) is 1. The summed E-state index contributed by atoms with van der Waals surface area (Å²) in [6.07, 6.45) is 4.43. The van der Waals surface area contributed by atoms with Gasteiger partial charge in [0.1, 0.15) is 10.0 Å². The third-order valence-corrected chi connectivity index (χ3v) is 5.34. The van der Waals surface area contributed by atoms with Gasteiger partial charge in [-0.05, 0) is 35.7 Å². The first-order chi connectivity index (χ1) is 13.0. The molecule has 150 valence electrons. The van der Waals surface area contributed by atoms with Crippen LogP contribution in [-0.2, 0) is 4.74 Å². The van der Waals surface area contributed by atoms with Crippen molar-refractivity contribution in [2.45, 2.75) is 39.5 Å². The fraction of sp³-hybridized carbons (Fsp3) is 0.474. The summed E-state index contributed by atoms with van der Waals surface area (Å²) in [6.45, 7) is 5.99. The van der Waals surface area contributed by atoms with E-state index in [0.29, 0.717) is 11.1 Å². The van der Waals surface area contributed by atoms with Crippen LogP contribution in [0.4, 0.5) is 10.0 Å². The Morgan fingerprint density at radius 3 is 1.89 bits per heavy atom. The highest BCUT2D eigenvalue weighted by atomic mass is 32.1. The minimum absolute atomic E-state index is 0.273. The lowest BCUT2D eigenvalue weighted by Gasteiger charge is -2.04. The molecule has 0 fully saturated rings. The summed E-state index contributed by atoms with van der Waals surface area (Å²) in [4.78, 5) is 22.0. The molecule has 0 aliphatic carbocycles. The highest BCUT2D eigenvalue weighted by molar-refractivity contribution is 7.14. The number of methoxy groups -OCH3 is 1. The van der Waals surface area contributed by atoms with E-state index in [0.717, 1.165) is 48.8 Å². The maximum absolute atomic E-state index is 11.3. The van der Waals surface area contributed by atoms with Crippen molar-refractivity contribution in [3.63, 3.8) is 0 Å². The Balaban J connectivity index is 0.000000271. The van der Waals surface area contributed by atoms with E-state index < -0.39 is 5.97 Å². The van der Waals surface area contributed by atoms with Crippen LogP contribution in [0.25, 0.3) is 0 Å². The molecule has 0 radical (unpaired) electrons. The molecule has 27 heavy (non-hydrogen) atoms. The summed E-state index contributed by atoms with van der Waals surface area (Å²) in [5.41, 5.74) is 1.01. The fourth-order valence-corrected chi connectivity index (χ4v) is 3.70. The number of aromatic carboxylic acids is 1. The molecular weight excluding hydrogens is 384 g/mol. The van der Waals surface area contributed by atoms with Crippen LogP contribution in [0.5, 0.6) is 0 Å². The molecule has 0 saturated heterocycles. The van der Waals surface area contributed by atoms with Crippen LogP contribution in [0, 0.1) is 0 Å². The SMILES string of the molecule is CCCCNc1sccc1C(=O)O.CCCCNc1sccc1C(=O)OC. The molecule has 8 heteroatoms. The summed E-state index contributed by atoms with van der Waals surface area (Å²) >= 11 is 2.97. The summed E-state index contributed by atoms with van der Waals surface area (Å²) < 4.78 is 4.67. The number of ether oxygens (including phenoxy) is 1. The van der Waals surface area contributed by atoms with Crippen LogP contribution in [0.2, 0.25) is 0 Å². The molecule has 2 rings (SSSR count). The van der Waals surface area contributed by atoms with Crippen molar-refractivity contribution in [2.75, 3.05) is 30.8 Å². The molecule has 2 aromatic rings. The standard InChI is InChI=1S/C10H15NO2S.C9H13NO2S/c1-3-4-6-11-9-8(5-7-14-9)10(12)13-2;1-2-3-5-10-8-7(9(11)12)4-6-13-8/h5,7,11H,3-4,6H2,1-2H3;4,6,10H,2-3,5H2,1H3,(H,11,12). The Kier molecular flexibility index (Phi) is 11.2. The lowest BCUT2D eigenvalue weighted by Crippen LogP contribution is -2.06.